The molecule has 0 aromatic heterocycles. The van der Waals surface area contributed by atoms with Crippen LogP contribution in [0.3, 0.4) is 0 Å². The second-order valence-corrected chi connectivity index (χ2v) is 14.4. The van der Waals surface area contributed by atoms with Crippen molar-refractivity contribution < 1.29 is 75.6 Å². The molecule has 12 nitrogen and oxygen atoms in total. The summed E-state index contributed by atoms with van der Waals surface area (Å²) in [5.74, 6) is -1.51. The molecular weight excluding hydrogens is 736 g/mol. The van der Waals surface area contributed by atoms with E-state index in [2.05, 4.69) is 45.7 Å². The number of methoxy groups -OCH3 is 2. The molecule has 300 valence electrons. The van der Waals surface area contributed by atoms with E-state index in [4.69, 9.17) is 18.8 Å². The third-order valence-corrected chi connectivity index (χ3v) is 8.75. The van der Waals surface area contributed by atoms with Crippen molar-refractivity contribution in [3.05, 3.63) is 107 Å². The molecule has 1 aliphatic rings. The molecule has 0 spiro atoms. The topological polar surface area (TPSA) is 173 Å². The van der Waals surface area contributed by atoms with Gasteiger partial charge >= 0.3 is 45.9 Å². The van der Waals surface area contributed by atoms with E-state index < -0.39 is 41.0 Å². The number of amides is 1. The molecule has 1 rings (SSSR count). The molecule has 1 amide bonds. The number of hydrogen-bond acceptors (Lipinski definition) is 10. The van der Waals surface area contributed by atoms with Crippen molar-refractivity contribution in [3.8, 4) is 0 Å². The van der Waals surface area contributed by atoms with Crippen LogP contribution in [-0.4, -0.2) is 83.0 Å². The van der Waals surface area contributed by atoms with E-state index in [0.717, 1.165) is 30.4 Å². The average Bonchev–Trinajstić information content (AvgIpc) is 3.11. The van der Waals surface area contributed by atoms with E-state index in [9.17, 15) is 23.1 Å². The molecule has 0 aliphatic carbocycles. The molecule has 1 aliphatic heterocycles. The first kappa shape index (κ1) is 51.9. The Balaban J connectivity index is 0.0000292. The number of nitrogens with zero attached hydrogens (tertiary/aromatic N) is 1. The Bertz CT molecular complexity index is 1640. The summed E-state index contributed by atoms with van der Waals surface area (Å²) in [6.07, 6.45) is 27.4. The first-order valence-electron chi connectivity index (χ1n) is 17.9. The second-order valence-electron chi connectivity index (χ2n) is 13.3. The maximum Gasteiger partial charge on any atom is 1.00 e. The quantitative estimate of drug-likeness (QED) is 0.0791. The van der Waals surface area contributed by atoms with Crippen LogP contribution in [0.4, 0.5) is 0 Å². The number of rotatable bonds is 11. The number of hydrogen-bond donors (Lipinski definition) is 2. The normalized spacial score (nSPS) is 29.0. The van der Waals surface area contributed by atoms with Gasteiger partial charge in [-0.1, -0.05) is 116 Å². The molecule has 0 aromatic rings. The molecular formula is C41H59N2NaO10S. The van der Waals surface area contributed by atoms with Crippen LogP contribution in [0, 0.1) is 11.8 Å². The SMILES string of the molecule is COC1/C=C(C)\C=C\C(C)/C=C(\C)C(=O)OC(/C(C)=C/C=C(/C)CNC(=O)[C@H](COS(=O)(=O)O)N=C[O-])C(C)/C=C\C=C\C(OC)CC/C=C(C)\C=C\C1.[Na+]. The summed E-state index contributed by atoms with van der Waals surface area (Å²) in [7, 11) is -1.45. The third kappa shape index (κ3) is 23.5. The number of carbonyl (C=O) groups excluding carboxylic acids is 2. The molecule has 14 heteroatoms. The second kappa shape index (κ2) is 28.3. The Morgan fingerprint density at radius 3 is 2.35 bits per heavy atom. The van der Waals surface area contributed by atoms with E-state index in [1.807, 2.05) is 70.2 Å². The van der Waals surface area contributed by atoms with E-state index >= 15 is 0 Å². The van der Waals surface area contributed by atoms with Crippen molar-refractivity contribution in [3.63, 3.8) is 0 Å². The summed E-state index contributed by atoms with van der Waals surface area (Å²) in [6, 6.07) is -1.48. The van der Waals surface area contributed by atoms with E-state index in [1.54, 1.807) is 40.2 Å². The Morgan fingerprint density at radius 1 is 1.04 bits per heavy atom. The van der Waals surface area contributed by atoms with E-state index in [1.165, 1.54) is 5.57 Å². The Labute approximate surface area is 350 Å². The maximum atomic E-state index is 13.4. The molecule has 0 saturated heterocycles. The predicted octanol–water partition coefficient (Wildman–Crippen LogP) is 3.04. The van der Waals surface area contributed by atoms with Crippen LogP contribution in [0.2, 0.25) is 0 Å². The summed E-state index contributed by atoms with van der Waals surface area (Å²) >= 11 is 0. The first-order valence-corrected chi connectivity index (χ1v) is 19.2. The van der Waals surface area contributed by atoms with Gasteiger partial charge in [-0.3, -0.25) is 14.3 Å². The molecule has 0 fully saturated rings. The molecule has 0 radical (unpaired) electrons. The Hall–Kier alpha value is -3.14. The third-order valence-electron chi connectivity index (χ3n) is 8.32. The number of carbonyl (C=O) groups is 2. The zero-order chi connectivity index (χ0) is 40.7. The fourth-order valence-electron chi connectivity index (χ4n) is 5.16. The van der Waals surface area contributed by atoms with Gasteiger partial charge in [0, 0.05) is 32.3 Å². The van der Waals surface area contributed by atoms with Gasteiger partial charge in [-0.2, -0.15) is 8.42 Å². The number of esters is 1. The molecule has 0 bridgehead atoms. The van der Waals surface area contributed by atoms with Crippen LogP contribution in [0.5, 0.6) is 0 Å². The van der Waals surface area contributed by atoms with Gasteiger partial charge in [0.05, 0.1) is 18.8 Å². The van der Waals surface area contributed by atoms with Crippen LogP contribution in [0.15, 0.2) is 112 Å². The summed E-state index contributed by atoms with van der Waals surface area (Å²) in [5.41, 5.74) is 4.11. The van der Waals surface area contributed by atoms with Crippen molar-refractivity contribution in [2.45, 2.75) is 92.1 Å². The zero-order valence-corrected chi connectivity index (χ0v) is 36.9. The number of allylic oxidation sites excluding steroid dienone is 11. The number of nitrogens with one attached hydrogen (secondary N) is 1. The molecule has 2 N–H and O–H groups in total. The maximum absolute atomic E-state index is 13.4. The van der Waals surface area contributed by atoms with Gasteiger partial charge in [-0.25, -0.2) is 8.98 Å². The smallest absolute Gasteiger partial charge is 0.864 e. The van der Waals surface area contributed by atoms with Gasteiger partial charge in [0.15, 0.2) is 6.04 Å². The van der Waals surface area contributed by atoms with Crippen molar-refractivity contribution >= 4 is 28.7 Å². The fourth-order valence-corrected chi connectivity index (χ4v) is 5.46. The monoisotopic (exact) mass is 794 g/mol. The van der Waals surface area contributed by atoms with Crippen LogP contribution in [0.1, 0.15) is 67.7 Å². The van der Waals surface area contributed by atoms with Gasteiger partial charge in [0.1, 0.15) is 6.10 Å². The van der Waals surface area contributed by atoms with Crippen molar-refractivity contribution in [2.75, 3.05) is 27.4 Å². The van der Waals surface area contributed by atoms with Gasteiger partial charge in [-0.05, 0) is 65.4 Å². The fraction of sp³-hybridized carbons (Fsp3) is 0.488. The Morgan fingerprint density at radius 2 is 1.71 bits per heavy atom. The average molecular weight is 795 g/mol. The van der Waals surface area contributed by atoms with Crippen LogP contribution >= 0.6 is 0 Å². The Kier molecular flexibility index (Phi) is 26.7. The standard InChI is InChI=1S/C41H60N2O10S.Na/c1-29-14-12-18-36(50-8)17-11-10-16-33(5)39(34(6)23-22-32(4)26-42-40(45)38(43-28-44)27-52-54(47,48)49)53-41(46)35(7)24-30(2)20-21-31(3)25-37(51-9)19-13-15-29;/h10-11,13-17,20-25,28,30,33,36-39H,12,18-19,26-27H2,1-9H3,(H,42,45)(H,43,44)(H,47,48,49);/q;+1/p-1/b15-13+,16-10-,17-11+,21-20+,29-14-,31-25-,32-22-,34-23+,35-24+;/t30?,33?,36?,37?,38-,39?;/m0./s1. The van der Waals surface area contributed by atoms with Gasteiger partial charge in [-0.15, -0.1) is 0 Å². The zero-order valence-electron chi connectivity index (χ0n) is 34.1. The summed E-state index contributed by atoms with van der Waals surface area (Å²) < 4.78 is 52.2. The molecule has 0 saturated carbocycles. The molecule has 5 unspecified atom stereocenters. The van der Waals surface area contributed by atoms with Gasteiger partial charge < -0.3 is 24.6 Å². The van der Waals surface area contributed by atoms with Crippen molar-refractivity contribution in [1.82, 2.24) is 5.32 Å². The number of ether oxygens (including phenoxy) is 3. The van der Waals surface area contributed by atoms with E-state index in [-0.39, 0.29) is 66.5 Å². The first-order chi connectivity index (χ1) is 25.5. The summed E-state index contributed by atoms with van der Waals surface area (Å²) in [6.45, 7) is 12.6. The van der Waals surface area contributed by atoms with Crippen LogP contribution in [-0.2, 0) is 38.4 Å². The minimum Gasteiger partial charge on any atom is -0.864 e. The number of cyclic esters (lactones) is 1. The van der Waals surface area contributed by atoms with Crippen LogP contribution in [0.25, 0.3) is 0 Å². The summed E-state index contributed by atoms with van der Waals surface area (Å²) in [5, 5.41) is 13.4. The minimum absolute atomic E-state index is 0. The molecule has 55 heavy (non-hydrogen) atoms. The molecule has 0 aromatic carbocycles. The van der Waals surface area contributed by atoms with Crippen molar-refractivity contribution in [2.24, 2.45) is 16.8 Å². The van der Waals surface area contributed by atoms with Crippen molar-refractivity contribution in [1.29, 1.82) is 0 Å². The van der Waals surface area contributed by atoms with Gasteiger partial charge in [0.2, 0.25) is 5.91 Å². The largest absolute Gasteiger partial charge is 1.00 e. The number of aliphatic imine (C=N–C) groups is 1. The van der Waals surface area contributed by atoms with E-state index in [0.29, 0.717) is 11.1 Å². The van der Waals surface area contributed by atoms with Gasteiger partial charge in [0.25, 0.3) is 0 Å². The minimum atomic E-state index is -4.83. The molecule has 6 atom stereocenters. The van der Waals surface area contributed by atoms with Crippen LogP contribution < -0.4 is 40.0 Å². The summed E-state index contributed by atoms with van der Waals surface area (Å²) in [4.78, 5) is 29.3. The molecule has 1 heterocycles. The predicted molar refractivity (Wildman–Crippen MR) is 212 cm³/mol.